The standard InChI is InChI=1S/2C31H32FN3O3/c2*1-18-28(19(2)38-34-18)22-15-27-29(33-17-22)25-9-8-23(31(3,4)36)16-26(25)35(27)30(20-10-12-37-13-11-20)21-6-5-7-24(32)14-21/h2*5-9,14-17,20,30,36H,10-13H2,1-4H3. The van der Waals surface area contributed by atoms with Crippen LogP contribution < -0.4 is 0 Å². The first-order valence-corrected chi connectivity index (χ1v) is 26.3. The number of aryl methyl sites for hydroxylation is 4. The van der Waals surface area contributed by atoms with Gasteiger partial charge in [-0.25, -0.2) is 8.78 Å². The lowest BCUT2D eigenvalue weighted by Crippen LogP contribution is -2.27. The van der Waals surface area contributed by atoms with Crippen molar-refractivity contribution < 1.29 is 37.5 Å². The number of aliphatic hydroxyl groups is 2. The molecular weight excluding hydrogens is 963 g/mol. The van der Waals surface area contributed by atoms with Crippen molar-refractivity contribution in [3.05, 3.63) is 166 Å². The Bertz CT molecular complexity index is 3490. The fourth-order valence-electron chi connectivity index (χ4n) is 11.9. The Kier molecular flexibility index (Phi) is 13.5. The Morgan fingerprint density at radius 1 is 0.526 bits per heavy atom. The molecule has 12 rings (SSSR count). The largest absolute Gasteiger partial charge is 0.386 e. The van der Waals surface area contributed by atoms with Gasteiger partial charge in [0.05, 0.1) is 67.8 Å². The lowest BCUT2D eigenvalue weighted by molar-refractivity contribution is 0.0551. The summed E-state index contributed by atoms with van der Waals surface area (Å²) in [5.74, 6) is 1.43. The highest BCUT2D eigenvalue weighted by molar-refractivity contribution is 6.08. The van der Waals surface area contributed by atoms with Gasteiger partial charge in [0.1, 0.15) is 23.2 Å². The van der Waals surface area contributed by atoms with Crippen LogP contribution in [0.2, 0.25) is 0 Å². The minimum Gasteiger partial charge on any atom is -0.386 e. The fraction of sp³-hybridized carbons (Fsp3) is 0.355. The molecule has 2 aliphatic heterocycles. The minimum atomic E-state index is -1.02. The molecule has 12 nitrogen and oxygen atoms in total. The summed E-state index contributed by atoms with van der Waals surface area (Å²) in [6.45, 7) is 17.5. The zero-order valence-electron chi connectivity index (χ0n) is 44.3. The second-order valence-corrected chi connectivity index (χ2v) is 21.8. The van der Waals surface area contributed by atoms with E-state index >= 15 is 0 Å². The highest BCUT2D eigenvalue weighted by Gasteiger charge is 2.34. The number of benzene rings is 4. The van der Waals surface area contributed by atoms with E-state index in [0.717, 1.165) is 137 Å². The van der Waals surface area contributed by atoms with E-state index in [1.165, 1.54) is 12.1 Å². The van der Waals surface area contributed by atoms with Crippen LogP contribution in [0.1, 0.15) is 111 Å². The lowest BCUT2D eigenvalue weighted by atomic mass is 9.86. The summed E-state index contributed by atoms with van der Waals surface area (Å²) >= 11 is 0. The normalized spacial score (nSPS) is 15.9. The van der Waals surface area contributed by atoms with Gasteiger partial charge in [-0.3, -0.25) is 9.97 Å². The van der Waals surface area contributed by atoms with Gasteiger partial charge in [-0.2, -0.15) is 0 Å². The molecule has 2 atom stereocenters. The zero-order valence-corrected chi connectivity index (χ0v) is 44.3. The van der Waals surface area contributed by atoms with Crippen molar-refractivity contribution in [1.29, 1.82) is 0 Å². The maximum Gasteiger partial charge on any atom is 0.141 e. The second kappa shape index (κ2) is 20.1. The summed E-state index contributed by atoms with van der Waals surface area (Å²) < 4.78 is 56.2. The molecular formula is C62H64F2N6O6. The molecule has 76 heavy (non-hydrogen) atoms. The summed E-state index contributed by atoms with van der Waals surface area (Å²) in [5.41, 5.74) is 12.3. The van der Waals surface area contributed by atoms with E-state index in [2.05, 4.69) is 43.7 Å². The van der Waals surface area contributed by atoms with Gasteiger partial charge in [-0.05, 0) is 164 Å². The Morgan fingerprint density at radius 2 is 0.921 bits per heavy atom. The van der Waals surface area contributed by atoms with Crippen LogP contribution in [0.4, 0.5) is 8.78 Å². The summed E-state index contributed by atoms with van der Waals surface area (Å²) in [5, 5.41) is 32.0. The van der Waals surface area contributed by atoms with Crippen LogP contribution in [0.15, 0.2) is 119 Å². The molecule has 10 aromatic rings. The van der Waals surface area contributed by atoms with Gasteiger partial charge in [0.15, 0.2) is 0 Å². The summed E-state index contributed by atoms with van der Waals surface area (Å²) in [6, 6.07) is 29.9. The molecule has 0 saturated carbocycles. The minimum absolute atomic E-state index is 0.145. The van der Waals surface area contributed by atoms with E-state index in [-0.39, 0.29) is 35.6 Å². The van der Waals surface area contributed by atoms with Crippen LogP contribution in [0.5, 0.6) is 0 Å². The van der Waals surface area contributed by atoms with E-state index < -0.39 is 11.2 Å². The molecule has 0 bridgehead atoms. The first kappa shape index (κ1) is 51.0. The van der Waals surface area contributed by atoms with Gasteiger partial charge in [0.2, 0.25) is 0 Å². The highest BCUT2D eigenvalue weighted by atomic mass is 19.1. The van der Waals surface area contributed by atoms with E-state index in [1.54, 1.807) is 52.0 Å². The molecule has 2 N–H and O–H groups in total. The first-order valence-electron chi connectivity index (χ1n) is 26.3. The topological polar surface area (TPSA) is 147 Å². The Labute approximate surface area is 440 Å². The van der Waals surface area contributed by atoms with Gasteiger partial charge in [0, 0.05) is 71.8 Å². The first-order chi connectivity index (χ1) is 36.4. The summed E-state index contributed by atoms with van der Waals surface area (Å²) in [7, 11) is 0. The van der Waals surface area contributed by atoms with E-state index in [0.29, 0.717) is 26.4 Å². The lowest BCUT2D eigenvalue weighted by Gasteiger charge is -2.33. The third kappa shape index (κ3) is 9.50. The molecule has 392 valence electrons. The van der Waals surface area contributed by atoms with Crippen LogP contribution in [-0.4, -0.2) is 66.1 Å². The average molecular weight is 1030 g/mol. The van der Waals surface area contributed by atoms with E-state index in [1.807, 2.05) is 76.5 Å². The Balaban J connectivity index is 0.000000162. The predicted molar refractivity (Wildman–Crippen MR) is 291 cm³/mol. The SMILES string of the molecule is Cc1noc(C)c1-c1cnc2c3ccc(C(C)(C)O)cc3n(C(c3cccc(F)c3)C3CCOCC3)c2c1.Cc1noc(C)c1-c1cnc2c3ccc(C(C)(C)O)cc3n(C(c3cccc(F)c3)C3CCOCC3)c2c1. The van der Waals surface area contributed by atoms with E-state index in [4.69, 9.17) is 28.5 Å². The highest BCUT2D eigenvalue weighted by Crippen LogP contribution is 2.45. The number of rotatable bonds is 10. The van der Waals surface area contributed by atoms with Gasteiger partial charge >= 0.3 is 0 Å². The third-order valence-electron chi connectivity index (χ3n) is 15.7. The van der Waals surface area contributed by atoms with Crippen LogP contribution in [0.3, 0.4) is 0 Å². The molecule has 6 aromatic heterocycles. The molecule has 2 fully saturated rings. The van der Waals surface area contributed by atoms with Gasteiger partial charge in [-0.1, -0.05) is 58.8 Å². The fourth-order valence-corrected chi connectivity index (χ4v) is 11.9. The van der Waals surface area contributed by atoms with E-state index in [9.17, 15) is 19.0 Å². The molecule has 0 aliphatic carbocycles. The number of hydrogen-bond acceptors (Lipinski definition) is 10. The molecule has 2 aliphatic rings. The maximum absolute atomic E-state index is 14.6. The average Bonchev–Trinajstić information content (AvgIpc) is 4.23. The van der Waals surface area contributed by atoms with Gasteiger partial charge in [0.25, 0.3) is 0 Å². The van der Waals surface area contributed by atoms with Gasteiger partial charge < -0.3 is 37.9 Å². The maximum atomic E-state index is 14.6. The predicted octanol–water partition coefficient (Wildman–Crippen LogP) is 13.7. The number of hydrogen-bond donors (Lipinski definition) is 2. The molecule has 0 radical (unpaired) electrons. The molecule has 0 spiro atoms. The quantitative estimate of drug-likeness (QED) is 0.136. The smallest absolute Gasteiger partial charge is 0.141 e. The van der Waals surface area contributed by atoms with Crippen molar-refractivity contribution >= 4 is 43.9 Å². The molecule has 2 unspecified atom stereocenters. The monoisotopic (exact) mass is 1030 g/mol. The van der Waals surface area contributed by atoms with Crippen molar-refractivity contribution in [3.8, 4) is 22.3 Å². The van der Waals surface area contributed by atoms with Crippen molar-refractivity contribution in [2.75, 3.05) is 26.4 Å². The summed E-state index contributed by atoms with van der Waals surface area (Å²) in [6.07, 6.45) is 7.20. The van der Waals surface area contributed by atoms with Crippen LogP contribution in [0, 0.1) is 51.2 Å². The zero-order chi connectivity index (χ0) is 53.2. The van der Waals surface area contributed by atoms with Crippen molar-refractivity contribution in [2.24, 2.45) is 11.8 Å². The molecule has 2 saturated heterocycles. The number of nitrogens with zero attached hydrogens (tertiary/aromatic N) is 6. The molecule has 0 amide bonds. The molecule has 14 heteroatoms. The summed E-state index contributed by atoms with van der Waals surface area (Å²) in [4.78, 5) is 9.89. The third-order valence-corrected chi connectivity index (χ3v) is 15.7. The Hall–Kier alpha value is -7.10. The molecule has 4 aromatic carbocycles. The number of ether oxygens (including phenoxy) is 2. The second-order valence-electron chi connectivity index (χ2n) is 21.8. The van der Waals surface area contributed by atoms with Crippen molar-refractivity contribution in [3.63, 3.8) is 0 Å². The molecule has 8 heterocycles. The van der Waals surface area contributed by atoms with Crippen LogP contribution in [0.25, 0.3) is 66.1 Å². The van der Waals surface area contributed by atoms with Crippen molar-refractivity contribution in [1.82, 2.24) is 29.4 Å². The Morgan fingerprint density at radius 3 is 1.26 bits per heavy atom. The number of halogens is 2. The van der Waals surface area contributed by atoms with Crippen LogP contribution >= 0.6 is 0 Å². The number of pyridine rings is 2. The van der Waals surface area contributed by atoms with Crippen LogP contribution in [-0.2, 0) is 20.7 Å². The number of fused-ring (bicyclic) bond motifs is 6. The van der Waals surface area contributed by atoms with Crippen molar-refractivity contribution in [2.45, 2.75) is 104 Å². The van der Waals surface area contributed by atoms with Gasteiger partial charge in [-0.15, -0.1) is 0 Å². The number of aromatic nitrogens is 6.